The number of halogens is 2. The van der Waals surface area contributed by atoms with Crippen LogP contribution in [0.3, 0.4) is 0 Å². The molecule has 2 amide bonds. The minimum absolute atomic E-state index is 0.00719. The van der Waals surface area contributed by atoms with Crippen LogP contribution in [0.15, 0.2) is 60.3 Å². The van der Waals surface area contributed by atoms with Crippen molar-refractivity contribution in [2.45, 2.75) is 13.8 Å². The number of hydrogen-bond donors (Lipinski definition) is 1. The molecule has 0 spiro atoms. The van der Waals surface area contributed by atoms with Crippen LogP contribution in [0.25, 0.3) is 11.8 Å². The average Bonchev–Trinajstić information content (AvgIpc) is 3.18. The van der Waals surface area contributed by atoms with Gasteiger partial charge in [0.1, 0.15) is 5.57 Å². The molecule has 31 heavy (non-hydrogen) atoms. The van der Waals surface area contributed by atoms with Gasteiger partial charge in [0.2, 0.25) is 0 Å². The summed E-state index contributed by atoms with van der Waals surface area (Å²) in [4.78, 5) is 27.1. The number of rotatable bonds is 3. The molecule has 1 aliphatic rings. The van der Waals surface area contributed by atoms with E-state index in [2.05, 4.69) is 5.32 Å². The largest absolute Gasteiger partial charge is 0.317 e. The lowest BCUT2D eigenvalue weighted by atomic mass is 10.1. The zero-order valence-electron chi connectivity index (χ0n) is 16.6. The first-order valence-corrected chi connectivity index (χ1v) is 10.5. The van der Waals surface area contributed by atoms with Crippen LogP contribution in [-0.4, -0.2) is 21.5 Å². The maximum Gasteiger partial charge on any atom is 0.270 e. The summed E-state index contributed by atoms with van der Waals surface area (Å²) >= 11 is 17.7. The first-order valence-electron chi connectivity index (χ1n) is 9.38. The van der Waals surface area contributed by atoms with Crippen molar-refractivity contribution in [2.24, 2.45) is 0 Å². The zero-order valence-corrected chi connectivity index (χ0v) is 19.0. The molecule has 2 heterocycles. The topological polar surface area (TPSA) is 54.3 Å². The molecule has 0 atom stereocenters. The fraction of sp³-hybridized carbons (Fsp3) is 0.0870. The van der Waals surface area contributed by atoms with Crippen molar-refractivity contribution >= 4 is 64.1 Å². The van der Waals surface area contributed by atoms with E-state index >= 15 is 0 Å². The third kappa shape index (κ3) is 4.02. The Balaban J connectivity index is 1.75. The Morgan fingerprint density at radius 1 is 0.935 bits per heavy atom. The Morgan fingerprint density at radius 2 is 1.55 bits per heavy atom. The van der Waals surface area contributed by atoms with Crippen LogP contribution >= 0.6 is 35.4 Å². The van der Waals surface area contributed by atoms with Crippen molar-refractivity contribution in [3.63, 3.8) is 0 Å². The molecule has 5 nitrogen and oxygen atoms in total. The fourth-order valence-corrected chi connectivity index (χ4v) is 3.87. The summed E-state index contributed by atoms with van der Waals surface area (Å²) < 4.78 is 1.85. The summed E-state index contributed by atoms with van der Waals surface area (Å²) in [5.74, 6) is -1.08. The summed E-state index contributed by atoms with van der Waals surface area (Å²) in [6.07, 6.45) is 3.37. The Bertz CT molecular complexity index is 1280. The third-order valence-electron chi connectivity index (χ3n) is 5.02. The van der Waals surface area contributed by atoms with E-state index in [-0.39, 0.29) is 10.7 Å². The van der Waals surface area contributed by atoms with Gasteiger partial charge in [0.25, 0.3) is 11.8 Å². The molecule has 0 radical (unpaired) electrons. The van der Waals surface area contributed by atoms with Crippen molar-refractivity contribution in [3.05, 3.63) is 87.2 Å². The molecule has 3 aromatic rings. The molecular formula is C23H17Cl2N3O2S. The van der Waals surface area contributed by atoms with Gasteiger partial charge in [-0.3, -0.25) is 19.8 Å². The van der Waals surface area contributed by atoms with Gasteiger partial charge in [0.05, 0.1) is 5.69 Å². The maximum absolute atomic E-state index is 13.3. The standard InChI is InChI=1S/C23H17Cl2N3O2S/c1-13-5-7-16(11-19(13)24)27-9-3-4-15(27)10-18-21(29)26-23(31)28(22(18)30)17-8-6-14(2)20(25)12-17/h3-12H,1-2H3,(H,26,29,31)/b18-10+. The SMILES string of the molecule is Cc1ccc(N2C(=O)/C(=C/c3cccn3-c3ccc(C)c(Cl)c3)C(=O)NC2=S)cc1Cl. The Kier molecular flexibility index (Phi) is 5.71. The quantitative estimate of drug-likeness (QED) is 0.324. The van der Waals surface area contributed by atoms with Crippen molar-refractivity contribution in [3.8, 4) is 5.69 Å². The molecule has 1 aromatic heterocycles. The van der Waals surface area contributed by atoms with Gasteiger partial charge in [0.15, 0.2) is 5.11 Å². The van der Waals surface area contributed by atoms with Gasteiger partial charge < -0.3 is 4.57 Å². The highest BCUT2D eigenvalue weighted by Crippen LogP contribution is 2.27. The molecular weight excluding hydrogens is 453 g/mol. The van der Waals surface area contributed by atoms with Crippen LogP contribution in [0.2, 0.25) is 10.0 Å². The normalized spacial score (nSPS) is 15.5. The molecule has 156 valence electrons. The second-order valence-corrected chi connectivity index (χ2v) is 8.33. The first-order chi connectivity index (χ1) is 14.8. The molecule has 0 unspecified atom stereocenters. The number of carbonyl (C=O) groups is 2. The maximum atomic E-state index is 13.3. The predicted octanol–water partition coefficient (Wildman–Crippen LogP) is 5.23. The predicted molar refractivity (Wildman–Crippen MR) is 128 cm³/mol. The minimum atomic E-state index is -0.556. The van der Waals surface area contributed by atoms with Crippen LogP contribution < -0.4 is 10.2 Å². The van der Waals surface area contributed by atoms with Gasteiger partial charge in [-0.05, 0) is 79.7 Å². The molecule has 0 aliphatic carbocycles. The molecule has 1 aliphatic heterocycles. The number of hydrogen-bond acceptors (Lipinski definition) is 3. The number of nitrogens with one attached hydrogen (secondary N) is 1. The molecule has 2 aromatic carbocycles. The summed E-state index contributed by atoms with van der Waals surface area (Å²) in [6, 6.07) is 14.5. The molecule has 0 bridgehead atoms. The molecule has 4 rings (SSSR count). The van der Waals surface area contributed by atoms with Crippen molar-refractivity contribution in [1.29, 1.82) is 0 Å². The fourth-order valence-electron chi connectivity index (χ4n) is 3.24. The second kappa shape index (κ2) is 8.30. The van der Waals surface area contributed by atoms with Crippen molar-refractivity contribution in [1.82, 2.24) is 9.88 Å². The van der Waals surface area contributed by atoms with Crippen molar-refractivity contribution < 1.29 is 9.59 Å². The van der Waals surface area contributed by atoms with Crippen LogP contribution in [0, 0.1) is 13.8 Å². The van der Waals surface area contributed by atoms with E-state index in [9.17, 15) is 9.59 Å². The van der Waals surface area contributed by atoms with E-state index in [1.165, 1.54) is 11.0 Å². The van der Waals surface area contributed by atoms with Crippen LogP contribution in [0.1, 0.15) is 16.8 Å². The highest BCUT2D eigenvalue weighted by molar-refractivity contribution is 7.80. The van der Waals surface area contributed by atoms with Gasteiger partial charge in [-0.1, -0.05) is 35.3 Å². The van der Waals surface area contributed by atoms with Gasteiger partial charge >= 0.3 is 0 Å². The highest BCUT2D eigenvalue weighted by Gasteiger charge is 2.34. The van der Waals surface area contributed by atoms with Gasteiger partial charge in [0, 0.05) is 27.6 Å². The lowest BCUT2D eigenvalue weighted by molar-refractivity contribution is -0.122. The van der Waals surface area contributed by atoms with Crippen molar-refractivity contribution in [2.75, 3.05) is 4.90 Å². The zero-order chi connectivity index (χ0) is 22.3. The number of thiocarbonyl (C=S) groups is 1. The van der Waals surface area contributed by atoms with Crippen LogP contribution in [0.4, 0.5) is 5.69 Å². The number of nitrogens with zero attached hydrogens (tertiary/aromatic N) is 2. The number of aryl methyl sites for hydroxylation is 2. The van der Waals surface area contributed by atoms with E-state index < -0.39 is 11.8 Å². The first kappa shape index (κ1) is 21.3. The lowest BCUT2D eigenvalue weighted by Gasteiger charge is -2.29. The van der Waals surface area contributed by atoms with Gasteiger partial charge in [-0.15, -0.1) is 0 Å². The number of aromatic nitrogens is 1. The van der Waals surface area contributed by atoms with E-state index in [1.807, 2.05) is 48.9 Å². The van der Waals surface area contributed by atoms with E-state index in [0.717, 1.165) is 16.8 Å². The van der Waals surface area contributed by atoms with E-state index in [0.29, 0.717) is 21.4 Å². The summed E-state index contributed by atoms with van der Waals surface area (Å²) in [6.45, 7) is 3.78. The van der Waals surface area contributed by atoms with Gasteiger partial charge in [-0.25, -0.2) is 0 Å². The second-order valence-electron chi connectivity index (χ2n) is 7.13. The van der Waals surface area contributed by atoms with E-state index in [4.69, 9.17) is 35.4 Å². The number of amides is 2. The number of carbonyl (C=O) groups excluding carboxylic acids is 2. The molecule has 1 fully saturated rings. The monoisotopic (exact) mass is 469 g/mol. The molecule has 0 saturated carbocycles. The smallest absolute Gasteiger partial charge is 0.270 e. The minimum Gasteiger partial charge on any atom is -0.317 e. The summed E-state index contributed by atoms with van der Waals surface area (Å²) in [7, 11) is 0. The number of benzene rings is 2. The summed E-state index contributed by atoms with van der Waals surface area (Å²) in [5, 5.41) is 3.72. The Hall–Kier alpha value is -2.93. The molecule has 8 heteroatoms. The molecule has 1 N–H and O–H groups in total. The van der Waals surface area contributed by atoms with Crippen LogP contribution in [0.5, 0.6) is 0 Å². The third-order valence-corrected chi connectivity index (χ3v) is 6.12. The van der Waals surface area contributed by atoms with E-state index in [1.54, 1.807) is 24.3 Å². The Morgan fingerprint density at radius 3 is 2.19 bits per heavy atom. The Labute approximate surface area is 194 Å². The van der Waals surface area contributed by atoms with Crippen LogP contribution in [-0.2, 0) is 9.59 Å². The highest BCUT2D eigenvalue weighted by atomic mass is 35.5. The lowest BCUT2D eigenvalue weighted by Crippen LogP contribution is -2.54. The number of anilines is 1. The summed E-state index contributed by atoms with van der Waals surface area (Å²) in [5.41, 5.74) is 3.73. The molecule has 1 saturated heterocycles. The van der Waals surface area contributed by atoms with Gasteiger partial charge in [-0.2, -0.15) is 0 Å². The average molecular weight is 470 g/mol.